The molecule has 24 heavy (non-hydrogen) atoms. The Balaban J connectivity index is 1.97. The fourth-order valence-electron chi connectivity index (χ4n) is 3.19. The van der Waals surface area contributed by atoms with Crippen LogP contribution in [0.2, 0.25) is 0 Å². The maximum Gasteiger partial charge on any atom is 0.266 e. The highest BCUT2D eigenvalue weighted by atomic mass is 32.2. The summed E-state index contributed by atoms with van der Waals surface area (Å²) in [5, 5.41) is 0. The predicted octanol–water partition coefficient (Wildman–Crippen LogP) is 3.32. The van der Waals surface area contributed by atoms with Gasteiger partial charge >= 0.3 is 0 Å². The lowest BCUT2D eigenvalue weighted by Gasteiger charge is -2.20. The summed E-state index contributed by atoms with van der Waals surface area (Å²) >= 11 is 0. The number of rotatable bonds is 3. The summed E-state index contributed by atoms with van der Waals surface area (Å²) in [5.74, 6) is -0.415. The van der Waals surface area contributed by atoms with Crippen LogP contribution in [0, 0.1) is 20.8 Å². The van der Waals surface area contributed by atoms with Crippen molar-refractivity contribution in [2.75, 3.05) is 6.54 Å². The van der Waals surface area contributed by atoms with Crippen molar-refractivity contribution in [2.24, 2.45) is 0 Å². The van der Waals surface area contributed by atoms with Gasteiger partial charge in [-0.1, -0.05) is 36.4 Å². The van der Waals surface area contributed by atoms with E-state index in [1.165, 1.54) is 0 Å². The number of carbonyl (C=O) groups is 1. The van der Waals surface area contributed by atoms with E-state index in [-0.39, 0.29) is 29.7 Å². The number of hydrogen-bond donors (Lipinski definition) is 0. The second-order valence-electron chi connectivity index (χ2n) is 6.37. The molecule has 1 aliphatic heterocycles. The molecule has 1 saturated heterocycles. The van der Waals surface area contributed by atoms with Gasteiger partial charge in [-0.3, -0.25) is 4.79 Å². The number of benzene rings is 2. The lowest BCUT2D eigenvalue weighted by Crippen LogP contribution is -2.33. The molecule has 1 fully saturated rings. The molecule has 1 atom stereocenters. The number of amides is 1. The summed E-state index contributed by atoms with van der Waals surface area (Å²) in [6, 6.07) is 13.0. The molecule has 2 aromatic carbocycles. The number of aryl methyl sites for hydroxylation is 1. The van der Waals surface area contributed by atoms with E-state index in [0.717, 1.165) is 21.0 Å². The third-order valence-electron chi connectivity index (χ3n) is 4.93. The molecule has 0 saturated carbocycles. The standard InChI is InChI=1S/C19H21NO3S/c1-13-9-10-18(15(3)14(13)2)24(22,23)20-12-17(11-19(20)21)16-7-5-4-6-8-16/h4-10,17H,11-12H2,1-3H3/t17-/m0/s1. The molecule has 0 bridgehead atoms. The molecule has 1 amide bonds. The van der Waals surface area contributed by atoms with Crippen LogP contribution in [0.1, 0.15) is 34.6 Å². The normalized spacial score (nSPS) is 18.2. The Kier molecular flexibility index (Phi) is 4.22. The second-order valence-corrected chi connectivity index (χ2v) is 8.20. The van der Waals surface area contributed by atoms with Gasteiger partial charge in [0.25, 0.3) is 10.0 Å². The fourth-order valence-corrected chi connectivity index (χ4v) is 4.93. The second kappa shape index (κ2) is 6.06. The van der Waals surface area contributed by atoms with Gasteiger partial charge in [0.1, 0.15) is 0 Å². The Bertz CT molecular complexity index is 888. The highest BCUT2D eigenvalue weighted by molar-refractivity contribution is 7.89. The topological polar surface area (TPSA) is 54.5 Å². The number of carbonyl (C=O) groups excluding carboxylic acids is 1. The van der Waals surface area contributed by atoms with Gasteiger partial charge in [0, 0.05) is 18.9 Å². The highest BCUT2D eigenvalue weighted by Crippen LogP contribution is 2.33. The predicted molar refractivity (Wildman–Crippen MR) is 93.4 cm³/mol. The quantitative estimate of drug-likeness (QED) is 0.859. The van der Waals surface area contributed by atoms with Crippen molar-refractivity contribution in [3.05, 3.63) is 64.7 Å². The molecule has 0 aliphatic carbocycles. The zero-order chi connectivity index (χ0) is 17.5. The summed E-state index contributed by atoms with van der Waals surface area (Å²) in [4.78, 5) is 12.6. The Hall–Kier alpha value is -2.14. The first-order chi connectivity index (χ1) is 11.3. The molecule has 0 spiro atoms. The summed E-state index contributed by atoms with van der Waals surface area (Å²) < 4.78 is 27.1. The van der Waals surface area contributed by atoms with Crippen molar-refractivity contribution in [2.45, 2.75) is 38.0 Å². The third-order valence-corrected chi connectivity index (χ3v) is 6.86. The number of hydrogen-bond acceptors (Lipinski definition) is 3. The zero-order valence-corrected chi connectivity index (χ0v) is 14.9. The van der Waals surface area contributed by atoms with Crippen LogP contribution in [-0.4, -0.2) is 25.2 Å². The van der Waals surface area contributed by atoms with Gasteiger partial charge in [-0.15, -0.1) is 0 Å². The van der Waals surface area contributed by atoms with Gasteiger partial charge in [0.05, 0.1) is 4.90 Å². The van der Waals surface area contributed by atoms with E-state index in [0.29, 0.717) is 5.56 Å². The van der Waals surface area contributed by atoms with Crippen molar-refractivity contribution in [3.63, 3.8) is 0 Å². The van der Waals surface area contributed by atoms with Gasteiger partial charge in [-0.05, 0) is 49.1 Å². The molecule has 126 valence electrons. The Labute approximate surface area is 143 Å². The summed E-state index contributed by atoms with van der Waals surface area (Å²) in [7, 11) is -3.81. The smallest absolute Gasteiger partial charge is 0.266 e. The van der Waals surface area contributed by atoms with Crippen LogP contribution in [-0.2, 0) is 14.8 Å². The summed E-state index contributed by atoms with van der Waals surface area (Å²) in [6.45, 7) is 5.86. The monoisotopic (exact) mass is 343 g/mol. The van der Waals surface area contributed by atoms with E-state index in [4.69, 9.17) is 0 Å². The molecule has 1 heterocycles. The van der Waals surface area contributed by atoms with Crippen LogP contribution in [0.5, 0.6) is 0 Å². The molecular weight excluding hydrogens is 322 g/mol. The number of nitrogens with zero attached hydrogens (tertiary/aromatic N) is 1. The molecule has 3 rings (SSSR count). The maximum absolute atomic E-state index is 13.0. The van der Waals surface area contributed by atoms with Crippen molar-refractivity contribution >= 4 is 15.9 Å². The molecule has 0 aromatic heterocycles. The Morgan fingerprint density at radius 3 is 2.29 bits per heavy atom. The average molecular weight is 343 g/mol. The van der Waals surface area contributed by atoms with E-state index in [1.54, 1.807) is 19.1 Å². The minimum absolute atomic E-state index is 0.0830. The van der Waals surface area contributed by atoms with Gasteiger partial charge in [0.2, 0.25) is 5.91 Å². The van der Waals surface area contributed by atoms with E-state index in [1.807, 2.05) is 44.2 Å². The third kappa shape index (κ3) is 2.73. The van der Waals surface area contributed by atoms with Crippen LogP contribution in [0.15, 0.2) is 47.4 Å². The Morgan fingerprint density at radius 1 is 0.958 bits per heavy atom. The van der Waals surface area contributed by atoms with E-state index in [9.17, 15) is 13.2 Å². The first-order valence-electron chi connectivity index (χ1n) is 7.99. The van der Waals surface area contributed by atoms with Gasteiger partial charge in [0.15, 0.2) is 0 Å². The van der Waals surface area contributed by atoms with Crippen LogP contribution in [0.4, 0.5) is 0 Å². The van der Waals surface area contributed by atoms with E-state index in [2.05, 4.69) is 0 Å². The Morgan fingerprint density at radius 2 is 1.62 bits per heavy atom. The molecule has 5 heteroatoms. The minimum Gasteiger partial charge on any atom is -0.274 e. The average Bonchev–Trinajstić information content (AvgIpc) is 2.96. The highest BCUT2D eigenvalue weighted by Gasteiger charge is 2.39. The molecular formula is C19H21NO3S. The van der Waals surface area contributed by atoms with Crippen molar-refractivity contribution in [1.29, 1.82) is 0 Å². The van der Waals surface area contributed by atoms with Crippen LogP contribution < -0.4 is 0 Å². The molecule has 1 aliphatic rings. The molecule has 4 nitrogen and oxygen atoms in total. The maximum atomic E-state index is 13.0. The van der Waals surface area contributed by atoms with E-state index >= 15 is 0 Å². The largest absolute Gasteiger partial charge is 0.274 e. The molecule has 0 unspecified atom stereocenters. The fraction of sp³-hybridized carbons (Fsp3) is 0.316. The summed E-state index contributed by atoms with van der Waals surface area (Å²) in [5.41, 5.74) is 3.70. The van der Waals surface area contributed by atoms with Crippen LogP contribution in [0.3, 0.4) is 0 Å². The SMILES string of the molecule is Cc1ccc(S(=O)(=O)N2C[C@@H](c3ccccc3)CC2=O)c(C)c1C. The van der Waals surface area contributed by atoms with Crippen LogP contribution in [0.25, 0.3) is 0 Å². The van der Waals surface area contributed by atoms with Crippen molar-refractivity contribution in [3.8, 4) is 0 Å². The molecule has 2 aromatic rings. The van der Waals surface area contributed by atoms with E-state index < -0.39 is 10.0 Å². The minimum atomic E-state index is -3.81. The van der Waals surface area contributed by atoms with Gasteiger partial charge < -0.3 is 0 Å². The van der Waals surface area contributed by atoms with Crippen molar-refractivity contribution < 1.29 is 13.2 Å². The lowest BCUT2D eigenvalue weighted by atomic mass is 9.99. The first-order valence-corrected chi connectivity index (χ1v) is 9.43. The van der Waals surface area contributed by atoms with Gasteiger partial charge in [-0.2, -0.15) is 0 Å². The molecule has 0 radical (unpaired) electrons. The van der Waals surface area contributed by atoms with Gasteiger partial charge in [-0.25, -0.2) is 12.7 Å². The van der Waals surface area contributed by atoms with Crippen LogP contribution >= 0.6 is 0 Å². The number of sulfonamides is 1. The molecule has 0 N–H and O–H groups in total. The lowest BCUT2D eigenvalue weighted by molar-refractivity contribution is -0.123. The summed E-state index contributed by atoms with van der Waals surface area (Å²) in [6.07, 6.45) is 0.229. The first kappa shape index (κ1) is 16.7. The van der Waals surface area contributed by atoms with Crippen molar-refractivity contribution in [1.82, 2.24) is 4.31 Å². The zero-order valence-electron chi connectivity index (χ0n) is 14.1.